The van der Waals surface area contributed by atoms with Gasteiger partial charge in [0.25, 0.3) is 0 Å². The van der Waals surface area contributed by atoms with Crippen LogP contribution in [-0.2, 0) is 6.54 Å². The number of aromatic nitrogens is 1. The molecule has 1 aromatic heterocycles. The van der Waals surface area contributed by atoms with Crippen molar-refractivity contribution >= 4 is 5.82 Å². The summed E-state index contributed by atoms with van der Waals surface area (Å²) in [5.74, 6) is 3.36. The van der Waals surface area contributed by atoms with Gasteiger partial charge in [-0.1, -0.05) is 13.3 Å². The Bertz CT molecular complexity index is 491. The summed E-state index contributed by atoms with van der Waals surface area (Å²) in [6.45, 7) is 4.67. The molecule has 0 saturated heterocycles. The largest absolute Gasteiger partial charge is 0.359 e. The summed E-state index contributed by atoms with van der Waals surface area (Å²) < 4.78 is 13.5. The van der Waals surface area contributed by atoms with Crippen molar-refractivity contribution in [2.45, 2.75) is 39.2 Å². The van der Waals surface area contributed by atoms with E-state index in [1.54, 1.807) is 6.07 Å². The number of anilines is 1. The highest BCUT2D eigenvalue weighted by Crippen LogP contribution is 2.48. The molecule has 0 aromatic carbocycles. The second-order valence-electron chi connectivity index (χ2n) is 6.73. The first-order chi connectivity index (χ1) is 10.2. The molecule has 2 aliphatic carbocycles. The third-order valence-electron chi connectivity index (χ3n) is 5.23. The van der Waals surface area contributed by atoms with E-state index in [4.69, 9.17) is 0 Å². The van der Waals surface area contributed by atoms with E-state index in [1.807, 2.05) is 0 Å². The minimum Gasteiger partial charge on any atom is -0.359 e. The van der Waals surface area contributed by atoms with E-state index >= 15 is 0 Å². The van der Waals surface area contributed by atoms with Crippen LogP contribution < -0.4 is 10.2 Å². The van der Waals surface area contributed by atoms with Crippen LogP contribution in [0.4, 0.5) is 10.2 Å². The van der Waals surface area contributed by atoms with Gasteiger partial charge in [0.2, 0.25) is 0 Å². The lowest BCUT2D eigenvalue weighted by molar-refractivity contribution is 0.337. The molecule has 0 amide bonds. The van der Waals surface area contributed by atoms with Crippen molar-refractivity contribution in [3.8, 4) is 0 Å². The highest BCUT2D eigenvalue weighted by Gasteiger charge is 2.39. The number of nitrogens with one attached hydrogen (secondary N) is 1. The summed E-state index contributed by atoms with van der Waals surface area (Å²) in [5, 5.41) is 3.27. The molecule has 3 rings (SSSR count). The molecule has 1 aromatic rings. The zero-order valence-corrected chi connectivity index (χ0v) is 13.1. The van der Waals surface area contributed by atoms with Gasteiger partial charge in [-0.25, -0.2) is 9.37 Å². The van der Waals surface area contributed by atoms with E-state index in [-0.39, 0.29) is 5.82 Å². The molecule has 2 bridgehead atoms. The molecule has 21 heavy (non-hydrogen) atoms. The lowest BCUT2D eigenvalue weighted by Crippen LogP contribution is -2.30. The van der Waals surface area contributed by atoms with Gasteiger partial charge in [-0.2, -0.15) is 0 Å². The molecule has 3 unspecified atom stereocenters. The fraction of sp³-hybridized carbons (Fsp3) is 0.706. The van der Waals surface area contributed by atoms with Crippen molar-refractivity contribution < 1.29 is 4.39 Å². The van der Waals surface area contributed by atoms with Gasteiger partial charge in [0.15, 0.2) is 0 Å². The summed E-state index contributed by atoms with van der Waals surface area (Å²) in [7, 11) is 2.10. The SMILES string of the molecule is CCNCc1cc(F)cnc1N(C)CC1CC2CCC1C2. The number of nitrogens with zero attached hydrogens (tertiary/aromatic N) is 2. The van der Waals surface area contributed by atoms with Crippen molar-refractivity contribution in [1.29, 1.82) is 0 Å². The molecule has 2 saturated carbocycles. The standard InChI is InChI=1S/C17H26FN3/c1-3-19-9-14-8-16(18)10-20-17(14)21(2)11-15-7-12-4-5-13(15)6-12/h8,10,12-13,15,19H,3-7,9,11H2,1-2H3. The zero-order valence-electron chi connectivity index (χ0n) is 13.1. The molecule has 1 N–H and O–H groups in total. The van der Waals surface area contributed by atoms with Gasteiger partial charge in [0.05, 0.1) is 6.20 Å². The number of hydrogen-bond acceptors (Lipinski definition) is 3. The molecule has 3 nitrogen and oxygen atoms in total. The fourth-order valence-corrected chi connectivity index (χ4v) is 4.25. The normalized spacial score (nSPS) is 27.3. The third-order valence-corrected chi connectivity index (χ3v) is 5.23. The number of rotatable bonds is 6. The maximum absolute atomic E-state index is 13.5. The fourth-order valence-electron chi connectivity index (χ4n) is 4.25. The Morgan fingerprint density at radius 2 is 2.24 bits per heavy atom. The molecule has 3 atom stereocenters. The first kappa shape index (κ1) is 14.8. The molecule has 0 spiro atoms. The van der Waals surface area contributed by atoms with Gasteiger partial charge in [0.1, 0.15) is 11.6 Å². The number of fused-ring (bicyclic) bond motifs is 2. The van der Waals surface area contributed by atoms with Crippen LogP contribution in [0.3, 0.4) is 0 Å². The molecule has 2 fully saturated rings. The van der Waals surface area contributed by atoms with E-state index < -0.39 is 0 Å². The third kappa shape index (κ3) is 3.20. The number of hydrogen-bond donors (Lipinski definition) is 1. The predicted molar refractivity (Wildman–Crippen MR) is 83.8 cm³/mol. The van der Waals surface area contributed by atoms with E-state index in [0.29, 0.717) is 6.54 Å². The van der Waals surface area contributed by atoms with Crippen molar-refractivity contribution in [3.05, 3.63) is 23.6 Å². The zero-order chi connectivity index (χ0) is 14.8. The molecular weight excluding hydrogens is 265 g/mol. The summed E-state index contributed by atoms with van der Waals surface area (Å²) in [4.78, 5) is 6.58. The van der Waals surface area contributed by atoms with Gasteiger partial charge in [-0.15, -0.1) is 0 Å². The minimum atomic E-state index is -0.250. The number of halogens is 1. The average molecular weight is 291 g/mol. The van der Waals surface area contributed by atoms with Crippen LogP contribution in [0.5, 0.6) is 0 Å². The summed E-state index contributed by atoms with van der Waals surface area (Å²) in [6.07, 6.45) is 6.98. The Kier molecular flexibility index (Phi) is 4.43. The monoisotopic (exact) mass is 291 g/mol. The van der Waals surface area contributed by atoms with E-state index in [9.17, 15) is 4.39 Å². The van der Waals surface area contributed by atoms with Gasteiger partial charge in [0, 0.05) is 25.7 Å². The molecule has 2 aliphatic rings. The number of pyridine rings is 1. The van der Waals surface area contributed by atoms with Crippen molar-refractivity contribution in [2.75, 3.05) is 25.0 Å². The molecule has 116 valence electrons. The van der Waals surface area contributed by atoms with Crippen molar-refractivity contribution in [2.24, 2.45) is 17.8 Å². The quantitative estimate of drug-likeness (QED) is 0.872. The molecule has 0 radical (unpaired) electrons. The maximum atomic E-state index is 13.5. The van der Waals surface area contributed by atoms with Gasteiger partial charge in [-0.3, -0.25) is 0 Å². The minimum absolute atomic E-state index is 0.250. The smallest absolute Gasteiger partial charge is 0.141 e. The summed E-state index contributed by atoms with van der Waals surface area (Å²) >= 11 is 0. The van der Waals surface area contributed by atoms with Gasteiger partial charge >= 0.3 is 0 Å². The molecule has 1 heterocycles. The second-order valence-corrected chi connectivity index (χ2v) is 6.73. The first-order valence-electron chi connectivity index (χ1n) is 8.23. The Balaban J connectivity index is 1.69. The lowest BCUT2D eigenvalue weighted by Gasteiger charge is -2.29. The van der Waals surface area contributed by atoms with Crippen molar-refractivity contribution in [1.82, 2.24) is 10.3 Å². The van der Waals surface area contributed by atoms with Crippen LogP contribution in [0.2, 0.25) is 0 Å². The van der Waals surface area contributed by atoms with E-state index in [1.165, 1.54) is 31.9 Å². The summed E-state index contributed by atoms with van der Waals surface area (Å²) in [5.41, 5.74) is 0.961. The predicted octanol–water partition coefficient (Wildman–Crippen LogP) is 3.20. The molecule has 0 aliphatic heterocycles. The average Bonchev–Trinajstić information content (AvgIpc) is 3.07. The Labute approximate surface area is 126 Å². The Hall–Kier alpha value is -1.16. The Morgan fingerprint density at radius 3 is 2.90 bits per heavy atom. The van der Waals surface area contributed by atoms with E-state index in [2.05, 4.69) is 29.2 Å². The van der Waals surface area contributed by atoms with Crippen LogP contribution in [0.25, 0.3) is 0 Å². The Morgan fingerprint density at radius 1 is 1.38 bits per heavy atom. The first-order valence-corrected chi connectivity index (χ1v) is 8.23. The highest BCUT2D eigenvalue weighted by molar-refractivity contribution is 5.46. The maximum Gasteiger partial charge on any atom is 0.141 e. The van der Waals surface area contributed by atoms with Crippen LogP contribution in [0.15, 0.2) is 12.3 Å². The molecule has 4 heteroatoms. The van der Waals surface area contributed by atoms with Gasteiger partial charge in [-0.05, 0) is 49.6 Å². The van der Waals surface area contributed by atoms with Crippen LogP contribution in [0, 0.1) is 23.6 Å². The highest BCUT2D eigenvalue weighted by atomic mass is 19.1. The lowest BCUT2D eigenvalue weighted by atomic mass is 9.88. The van der Waals surface area contributed by atoms with Crippen LogP contribution >= 0.6 is 0 Å². The van der Waals surface area contributed by atoms with Crippen molar-refractivity contribution in [3.63, 3.8) is 0 Å². The van der Waals surface area contributed by atoms with E-state index in [0.717, 1.165) is 42.2 Å². The topological polar surface area (TPSA) is 28.2 Å². The summed E-state index contributed by atoms with van der Waals surface area (Å²) in [6, 6.07) is 1.61. The molecular formula is C17H26FN3. The van der Waals surface area contributed by atoms with Gasteiger partial charge < -0.3 is 10.2 Å². The second kappa shape index (κ2) is 6.30. The van der Waals surface area contributed by atoms with Crippen LogP contribution in [-0.4, -0.2) is 25.1 Å². The van der Waals surface area contributed by atoms with Crippen LogP contribution in [0.1, 0.15) is 38.2 Å².